The summed E-state index contributed by atoms with van der Waals surface area (Å²) >= 11 is 0. The maximum atomic E-state index is 13.6. The second-order valence-electron chi connectivity index (χ2n) is 29.2. The van der Waals surface area contributed by atoms with Gasteiger partial charge in [0.05, 0.1) is 50.1 Å². The molecule has 0 bridgehead atoms. The molecule has 0 aromatic heterocycles. The molecule has 0 amide bonds. The molecule has 0 aliphatic heterocycles. The Morgan fingerprint density at radius 1 is 0.213 bits per heavy atom. The van der Waals surface area contributed by atoms with Crippen molar-refractivity contribution in [2.24, 2.45) is 23.7 Å². The van der Waals surface area contributed by atoms with Crippen LogP contribution in [0.3, 0.4) is 0 Å². The van der Waals surface area contributed by atoms with Gasteiger partial charge in [-0.15, -0.1) is 0 Å². The Bertz CT molecular complexity index is 1400. The highest BCUT2D eigenvalue weighted by Crippen LogP contribution is 2.25. The minimum atomic E-state index is 0.00627. The lowest BCUT2D eigenvalue weighted by atomic mass is 9.94. The molecule has 558 valence electrons. The Hall–Kier alpha value is -2.24. The Labute approximate surface area is 585 Å². The van der Waals surface area contributed by atoms with Crippen LogP contribution in [0.15, 0.2) is 0 Å². The number of hydrogen-bond donors (Lipinski definition) is 0. The van der Waals surface area contributed by atoms with Crippen LogP contribution in [0, 0.1) is 23.7 Å². The van der Waals surface area contributed by atoms with E-state index in [9.17, 15) is 19.2 Å². The van der Waals surface area contributed by atoms with E-state index in [2.05, 4.69) is 77.1 Å². The Morgan fingerprint density at radius 3 is 0.564 bits per heavy atom. The van der Waals surface area contributed by atoms with E-state index in [1.165, 1.54) is 205 Å². The maximum Gasteiger partial charge on any atom is 0.308 e. The smallest absolute Gasteiger partial charge is 0.308 e. The number of rotatable bonds is 76. The van der Waals surface area contributed by atoms with E-state index in [-0.39, 0.29) is 47.5 Å². The molecule has 0 fully saturated rings. The van der Waals surface area contributed by atoms with E-state index in [4.69, 9.17) is 18.9 Å². The van der Waals surface area contributed by atoms with Crippen molar-refractivity contribution in [3.05, 3.63) is 0 Å². The first-order valence-corrected chi connectivity index (χ1v) is 41.8. The first-order chi connectivity index (χ1) is 46.0. The molecule has 4 unspecified atom stereocenters. The van der Waals surface area contributed by atoms with Gasteiger partial charge in [0.15, 0.2) is 0 Å². The fraction of sp³-hybridized carbons (Fsp3) is 0.952. The van der Waals surface area contributed by atoms with Crippen LogP contribution >= 0.6 is 0 Å². The zero-order valence-electron chi connectivity index (χ0n) is 64.6. The number of hydrogen-bond acceptors (Lipinski definition) is 11. The molecule has 94 heavy (non-hydrogen) atoms. The SMILES string of the molecule is CCCCCCCCC(CCCCCC)C(=O)OCCCN(CCCOC(=O)C(CCCCCC)CCCCCCCC)CCCN(C)CCCN(CCCOC(=O)C(CCCCCC)CCCCCCCC)CCCOC(=O)C(CCCCCC)CCCCCCCC. The first kappa shape index (κ1) is 91.8. The summed E-state index contributed by atoms with van der Waals surface area (Å²) in [5.74, 6) is 0.0519. The molecule has 0 saturated heterocycles. The summed E-state index contributed by atoms with van der Waals surface area (Å²) in [4.78, 5) is 62.1. The van der Waals surface area contributed by atoms with Gasteiger partial charge in [0.1, 0.15) is 0 Å². The summed E-state index contributed by atoms with van der Waals surface area (Å²) in [6.45, 7) is 27.0. The van der Waals surface area contributed by atoms with Crippen LogP contribution in [-0.4, -0.2) is 124 Å². The largest absolute Gasteiger partial charge is 0.465 e. The predicted octanol–water partition coefficient (Wildman–Crippen LogP) is 23.4. The molecule has 0 aliphatic rings. The van der Waals surface area contributed by atoms with Crippen molar-refractivity contribution in [1.82, 2.24) is 14.7 Å². The Kier molecular flexibility index (Phi) is 70.3. The van der Waals surface area contributed by atoms with Gasteiger partial charge >= 0.3 is 23.9 Å². The third kappa shape index (κ3) is 58.7. The summed E-state index contributed by atoms with van der Waals surface area (Å²) < 4.78 is 24.4. The lowest BCUT2D eigenvalue weighted by Gasteiger charge is -2.26. The van der Waals surface area contributed by atoms with Crippen LogP contribution in [0.1, 0.15) is 402 Å². The van der Waals surface area contributed by atoms with Gasteiger partial charge in [-0.2, -0.15) is 0 Å². The molecule has 0 heterocycles. The number of carbonyl (C=O) groups is 4. The quantitative estimate of drug-likeness (QED) is 0.0329. The fourth-order valence-electron chi connectivity index (χ4n) is 13.7. The van der Waals surface area contributed by atoms with E-state index < -0.39 is 0 Å². The number of esters is 4. The molecular weight excluding hydrogens is 1170 g/mol. The normalized spacial score (nSPS) is 13.1. The topological polar surface area (TPSA) is 115 Å². The van der Waals surface area contributed by atoms with Crippen LogP contribution in [0.25, 0.3) is 0 Å². The highest BCUT2D eigenvalue weighted by molar-refractivity contribution is 5.73. The second-order valence-corrected chi connectivity index (χ2v) is 29.2. The monoisotopic (exact) mass is 1330 g/mol. The van der Waals surface area contributed by atoms with Crippen molar-refractivity contribution in [3.8, 4) is 0 Å². The van der Waals surface area contributed by atoms with Crippen molar-refractivity contribution in [2.45, 2.75) is 402 Å². The summed E-state index contributed by atoms with van der Waals surface area (Å²) in [5.41, 5.74) is 0. The number of nitrogens with zero attached hydrogens (tertiary/aromatic N) is 3. The van der Waals surface area contributed by atoms with Crippen molar-refractivity contribution in [1.29, 1.82) is 0 Å². The minimum absolute atomic E-state index is 0.00627. The zero-order valence-corrected chi connectivity index (χ0v) is 64.6. The molecule has 11 nitrogen and oxygen atoms in total. The van der Waals surface area contributed by atoms with Gasteiger partial charge < -0.3 is 33.6 Å². The molecule has 0 radical (unpaired) electrons. The molecule has 0 rings (SSSR count). The van der Waals surface area contributed by atoms with Gasteiger partial charge in [-0.05, 0) is 123 Å². The van der Waals surface area contributed by atoms with Gasteiger partial charge in [-0.25, -0.2) is 0 Å². The van der Waals surface area contributed by atoms with E-state index in [0.29, 0.717) is 26.4 Å². The minimum Gasteiger partial charge on any atom is -0.465 e. The average Bonchev–Trinajstić information content (AvgIpc) is 3.76. The van der Waals surface area contributed by atoms with Gasteiger partial charge in [-0.3, -0.25) is 19.2 Å². The highest BCUT2D eigenvalue weighted by atomic mass is 16.5. The fourth-order valence-corrected chi connectivity index (χ4v) is 13.7. The van der Waals surface area contributed by atoms with Crippen molar-refractivity contribution < 1.29 is 38.1 Å². The van der Waals surface area contributed by atoms with Gasteiger partial charge in [0.2, 0.25) is 0 Å². The molecule has 0 aliphatic carbocycles. The lowest BCUT2D eigenvalue weighted by Crippen LogP contribution is -2.33. The second kappa shape index (κ2) is 72.0. The Morgan fingerprint density at radius 2 is 0.372 bits per heavy atom. The number of ether oxygens (including phenoxy) is 4. The van der Waals surface area contributed by atoms with Gasteiger partial charge in [-0.1, -0.05) is 312 Å². The first-order valence-electron chi connectivity index (χ1n) is 41.8. The van der Waals surface area contributed by atoms with Gasteiger partial charge in [0.25, 0.3) is 0 Å². The maximum absolute atomic E-state index is 13.6. The standard InChI is InChI=1S/C83H163N3O8/c1-10-18-26-34-38-46-60-76(56-42-30-22-14-5)80(87)91-72-52-68-85(69-53-73-92-81(88)77(57-43-31-23-15-6)61-47-39-35-27-19-11-2)66-50-64-84(9)65-51-67-86(70-54-74-93-82(89)78(58-44-32-24-16-7)62-48-40-36-28-20-12-3)71-55-75-94-83(90)79(59-45-33-25-17-8)63-49-41-37-29-21-13-4/h76-79H,10-75H2,1-9H3. The molecular formula is C83H163N3O8. The van der Waals surface area contributed by atoms with Crippen LogP contribution in [0.2, 0.25) is 0 Å². The average molecular weight is 1330 g/mol. The molecule has 0 aromatic rings. The lowest BCUT2D eigenvalue weighted by molar-refractivity contribution is -0.150. The molecule has 0 spiro atoms. The Balaban J connectivity index is 6.06. The number of unbranched alkanes of at least 4 members (excludes halogenated alkanes) is 32. The van der Waals surface area contributed by atoms with Gasteiger partial charge in [0, 0.05) is 26.2 Å². The van der Waals surface area contributed by atoms with Crippen LogP contribution in [0.4, 0.5) is 0 Å². The summed E-state index contributed by atoms with van der Waals surface area (Å²) in [6.07, 6.45) is 61.2. The molecule has 4 atom stereocenters. The van der Waals surface area contributed by atoms with E-state index in [1.54, 1.807) is 0 Å². The molecule has 0 saturated carbocycles. The summed E-state index contributed by atoms with van der Waals surface area (Å²) in [6, 6.07) is 0. The molecule has 0 N–H and O–H groups in total. The number of carbonyl (C=O) groups excluding carboxylic acids is 4. The molecule has 0 aromatic carbocycles. The van der Waals surface area contributed by atoms with Crippen molar-refractivity contribution >= 4 is 23.9 Å². The van der Waals surface area contributed by atoms with Crippen LogP contribution in [-0.2, 0) is 38.1 Å². The van der Waals surface area contributed by atoms with E-state index in [0.717, 1.165) is 194 Å². The van der Waals surface area contributed by atoms with Crippen molar-refractivity contribution in [2.75, 3.05) is 85.8 Å². The van der Waals surface area contributed by atoms with Crippen LogP contribution < -0.4 is 0 Å². The van der Waals surface area contributed by atoms with E-state index in [1.807, 2.05) is 0 Å². The third-order valence-corrected chi connectivity index (χ3v) is 20.1. The zero-order chi connectivity index (χ0) is 68.8. The highest BCUT2D eigenvalue weighted by Gasteiger charge is 2.24. The van der Waals surface area contributed by atoms with Crippen molar-refractivity contribution in [3.63, 3.8) is 0 Å². The summed E-state index contributed by atoms with van der Waals surface area (Å²) in [5, 5.41) is 0. The molecule has 11 heteroatoms. The van der Waals surface area contributed by atoms with E-state index >= 15 is 0 Å². The van der Waals surface area contributed by atoms with Crippen LogP contribution in [0.5, 0.6) is 0 Å². The predicted molar refractivity (Wildman–Crippen MR) is 403 cm³/mol. The summed E-state index contributed by atoms with van der Waals surface area (Å²) in [7, 11) is 2.24. The third-order valence-electron chi connectivity index (χ3n) is 20.1.